The van der Waals surface area contributed by atoms with Gasteiger partial charge in [0.25, 0.3) is 0 Å². The van der Waals surface area contributed by atoms with Gasteiger partial charge in [0.15, 0.2) is 5.96 Å². The summed E-state index contributed by atoms with van der Waals surface area (Å²) in [4.78, 5) is 4.63. The molecule has 138 valence electrons. The Morgan fingerprint density at radius 1 is 1.28 bits per heavy atom. The molecule has 0 fully saturated rings. The van der Waals surface area contributed by atoms with E-state index in [0.717, 1.165) is 37.8 Å². The number of nitrogens with zero attached hydrogens (tertiary/aromatic N) is 3. The average molecular weight is 457 g/mol. The van der Waals surface area contributed by atoms with Crippen molar-refractivity contribution in [1.82, 2.24) is 20.4 Å². The van der Waals surface area contributed by atoms with Crippen molar-refractivity contribution in [2.75, 3.05) is 26.7 Å². The maximum absolute atomic E-state index is 5.38. The zero-order valence-corrected chi connectivity index (χ0v) is 17.5. The summed E-state index contributed by atoms with van der Waals surface area (Å²) in [6.07, 6.45) is 4.75. The molecule has 25 heavy (non-hydrogen) atoms. The molecule has 1 heterocycles. The molecule has 6 nitrogen and oxygen atoms in total. The minimum Gasteiger partial charge on any atom is -0.496 e. The largest absolute Gasteiger partial charge is 0.496 e. The number of halogens is 1. The summed E-state index contributed by atoms with van der Waals surface area (Å²) in [7, 11) is 1.70. The summed E-state index contributed by atoms with van der Waals surface area (Å²) >= 11 is 0. The summed E-state index contributed by atoms with van der Waals surface area (Å²) < 4.78 is 7.31. The van der Waals surface area contributed by atoms with Gasteiger partial charge in [0.05, 0.1) is 19.9 Å². The van der Waals surface area contributed by atoms with Crippen LogP contribution in [0.5, 0.6) is 5.75 Å². The molecule has 0 aliphatic rings. The first-order valence-electron chi connectivity index (χ1n) is 8.36. The monoisotopic (exact) mass is 457 g/mol. The van der Waals surface area contributed by atoms with E-state index in [1.807, 2.05) is 42.2 Å². The van der Waals surface area contributed by atoms with Gasteiger partial charge >= 0.3 is 0 Å². The second kappa shape index (κ2) is 11.7. The molecule has 7 heteroatoms. The van der Waals surface area contributed by atoms with E-state index in [1.165, 1.54) is 11.1 Å². The standard InChI is InChI=1S/C18H27N5O.HI/c1-4-19-18(21-11-12-23-14-15(2)13-22-23)20-10-9-16-7-5-6-8-17(16)24-3;/h5-8,13-14H,4,9-12H2,1-3H3,(H2,19,20,21);1H. The lowest BCUT2D eigenvalue weighted by molar-refractivity contribution is 0.410. The Bertz CT molecular complexity index is 656. The van der Waals surface area contributed by atoms with Crippen LogP contribution in [0, 0.1) is 6.92 Å². The highest BCUT2D eigenvalue weighted by atomic mass is 127. The van der Waals surface area contributed by atoms with E-state index in [-0.39, 0.29) is 24.0 Å². The van der Waals surface area contributed by atoms with Gasteiger partial charge in [-0.1, -0.05) is 18.2 Å². The van der Waals surface area contributed by atoms with Gasteiger partial charge in [-0.3, -0.25) is 9.67 Å². The number of hydrogen-bond acceptors (Lipinski definition) is 3. The van der Waals surface area contributed by atoms with Crippen molar-refractivity contribution in [1.29, 1.82) is 0 Å². The molecule has 0 amide bonds. The van der Waals surface area contributed by atoms with Crippen molar-refractivity contribution in [3.8, 4) is 5.75 Å². The van der Waals surface area contributed by atoms with Crippen molar-refractivity contribution in [2.24, 2.45) is 4.99 Å². The van der Waals surface area contributed by atoms with E-state index in [4.69, 9.17) is 4.74 Å². The predicted octanol–water partition coefficient (Wildman–Crippen LogP) is 2.62. The number of guanidine groups is 1. The molecule has 0 saturated heterocycles. The fourth-order valence-corrected chi connectivity index (χ4v) is 2.42. The third-order valence-electron chi connectivity index (χ3n) is 3.58. The smallest absolute Gasteiger partial charge is 0.191 e. The molecule has 0 atom stereocenters. The zero-order valence-electron chi connectivity index (χ0n) is 15.2. The highest BCUT2D eigenvalue weighted by molar-refractivity contribution is 14.0. The summed E-state index contributed by atoms with van der Waals surface area (Å²) in [5, 5.41) is 10.9. The number of ether oxygens (including phenoxy) is 1. The quantitative estimate of drug-likeness (QED) is 0.364. The van der Waals surface area contributed by atoms with Crippen LogP contribution in [0.3, 0.4) is 0 Å². The number of methoxy groups -OCH3 is 1. The van der Waals surface area contributed by atoms with E-state index in [2.05, 4.69) is 33.7 Å². The third-order valence-corrected chi connectivity index (χ3v) is 3.58. The van der Waals surface area contributed by atoms with Gasteiger partial charge in [-0.2, -0.15) is 5.10 Å². The van der Waals surface area contributed by atoms with Gasteiger partial charge in [0.2, 0.25) is 0 Å². The molecule has 2 rings (SSSR count). The topological polar surface area (TPSA) is 63.5 Å². The van der Waals surface area contributed by atoms with Crippen LogP contribution in [-0.2, 0) is 13.0 Å². The van der Waals surface area contributed by atoms with Crippen LogP contribution in [0.4, 0.5) is 0 Å². The van der Waals surface area contributed by atoms with E-state index in [9.17, 15) is 0 Å². The van der Waals surface area contributed by atoms with Crippen molar-refractivity contribution in [3.63, 3.8) is 0 Å². The summed E-state index contributed by atoms with van der Waals surface area (Å²) in [5.74, 6) is 1.75. The lowest BCUT2D eigenvalue weighted by Gasteiger charge is -2.12. The van der Waals surface area contributed by atoms with Crippen LogP contribution in [0.2, 0.25) is 0 Å². The molecule has 0 spiro atoms. The first-order chi connectivity index (χ1) is 11.7. The highest BCUT2D eigenvalue weighted by Crippen LogP contribution is 2.17. The van der Waals surface area contributed by atoms with Crippen LogP contribution in [0.25, 0.3) is 0 Å². The number of benzene rings is 1. The molecule has 0 aliphatic heterocycles. The molecule has 0 radical (unpaired) electrons. The Balaban J connectivity index is 0.00000312. The van der Waals surface area contributed by atoms with Gasteiger partial charge in [0, 0.05) is 25.8 Å². The molecule has 0 unspecified atom stereocenters. The van der Waals surface area contributed by atoms with Crippen molar-refractivity contribution in [2.45, 2.75) is 26.8 Å². The second-order valence-corrected chi connectivity index (χ2v) is 5.53. The Hall–Kier alpha value is -1.77. The van der Waals surface area contributed by atoms with E-state index < -0.39 is 0 Å². The molecule has 0 saturated carbocycles. The van der Waals surface area contributed by atoms with Crippen LogP contribution < -0.4 is 15.4 Å². The van der Waals surface area contributed by atoms with Crippen LogP contribution in [0.1, 0.15) is 18.1 Å². The zero-order chi connectivity index (χ0) is 17.2. The number of aryl methyl sites for hydroxylation is 1. The summed E-state index contributed by atoms with van der Waals surface area (Å²) in [5.41, 5.74) is 2.35. The molecular weight excluding hydrogens is 429 g/mol. The number of aliphatic imine (C=N–C) groups is 1. The minimum atomic E-state index is 0. The number of para-hydroxylation sites is 1. The maximum atomic E-state index is 5.38. The molecule has 0 bridgehead atoms. The normalized spacial score (nSPS) is 10.9. The average Bonchev–Trinajstić information content (AvgIpc) is 3.00. The number of aromatic nitrogens is 2. The molecule has 1 aromatic heterocycles. The molecular formula is C18H28IN5O. The minimum absolute atomic E-state index is 0. The summed E-state index contributed by atoms with van der Waals surface area (Å²) in [6, 6.07) is 8.06. The molecule has 2 aromatic rings. The summed E-state index contributed by atoms with van der Waals surface area (Å²) in [6.45, 7) is 7.24. The van der Waals surface area contributed by atoms with Crippen LogP contribution in [-0.4, -0.2) is 42.5 Å². The highest BCUT2D eigenvalue weighted by Gasteiger charge is 2.02. The van der Waals surface area contributed by atoms with Gasteiger partial charge in [0.1, 0.15) is 5.75 Å². The lowest BCUT2D eigenvalue weighted by atomic mass is 10.1. The number of hydrogen-bond donors (Lipinski definition) is 2. The van der Waals surface area contributed by atoms with Crippen molar-refractivity contribution < 1.29 is 4.74 Å². The number of rotatable bonds is 8. The number of nitrogens with one attached hydrogen (secondary N) is 2. The van der Waals surface area contributed by atoms with Gasteiger partial charge in [-0.05, 0) is 37.5 Å². The van der Waals surface area contributed by atoms with E-state index in [1.54, 1.807) is 7.11 Å². The van der Waals surface area contributed by atoms with Gasteiger partial charge < -0.3 is 15.4 Å². The second-order valence-electron chi connectivity index (χ2n) is 5.53. The first-order valence-corrected chi connectivity index (χ1v) is 8.36. The van der Waals surface area contributed by atoms with Gasteiger partial charge in [-0.15, -0.1) is 24.0 Å². The SMILES string of the molecule is CCNC(=NCCc1ccccc1OC)NCCn1cc(C)cn1.I. The Kier molecular flexibility index (Phi) is 9.98. The first kappa shape index (κ1) is 21.3. The van der Waals surface area contributed by atoms with Crippen LogP contribution >= 0.6 is 24.0 Å². The Labute approximate surface area is 167 Å². The van der Waals surface area contributed by atoms with Crippen molar-refractivity contribution >= 4 is 29.9 Å². The maximum Gasteiger partial charge on any atom is 0.191 e. The molecule has 1 aromatic carbocycles. The predicted molar refractivity (Wildman–Crippen MR) is 113 cm³/mol. The fraction of sp³-hybridized carbons (Fsp3) is 0.444. The third kappa shape index (κ3) is 7.33. The van der Waals surface area contributed by atoms with Crippen LogP contribution in [0.15, 0.2) is 41.7 Å². The molecule has 2 N–H and O–H groups in total. The lowest BCUT2D eigenvalue weighted by Crippen LogP contribution is -2.39. The van der Waals surface area contributed by atoms with E-state index >= 15 is 0 Å². The van der Waals surface area contributed by atoms with Gasteiger partial charge in [-0.25, -0.2) is 0 Å². The fourth-order valence-electron chi connectivity index (χ4n) is 2.42. The molecule has 0 aliphatic carbocycles. The van der Waals surface area contributed by atoms with E-state index in [0.29, 0.717) is 6.54 Å². The Morgan fingerprint density at radius 2 is 2.08 bits per heavy atom. The van der Waals surface area contributed by atoms with Crippen molar-refractivity contribution in [3.05, 3.63) is 47.8 Å². The Morgan fingerprint density at radius 3 is 2.76 bits per heavy atom.